The lowest BCUT2D eigenvalue weighted by Crippen LogP contribution is -2.14. The molecule has 1 atom stereocenters. The van der Waals surface area contributed by atoms with Crippen LogP contribution >= 0.6 is 11.3 Å². The Balaban J connectivity index is 1.92. The van der Waals surface area contributed by atoms with Crippen molar-refractivity contribution in [1.29, 1.82) is 0 Å². The molecule has 1 heterocycles. The number of carbonyl (C=O) groups excluding carboxylic acids is 1. The molecule has 104 valence electrons. The highest BCUT2D eigenvalue weighted by molar-refractivity contribution is 7.15. The molecule has 4 heteroatoms. The SMILES string of the molecule is CCOC(=O)C1CCc2sc(-c3cccc(C)c3)nc21. The zero-order valence-electron chi connectivity index (χ0n) is 11.7. The molecule has 3 rings (SSSR count). The Kier molecular flexibility index (Phi) is 3.57. The van der Waals surface area contributed by atoms with Gasteiger partial charge in [0, 0.05) is 10.4 Å². The van der Waals surface area contributed by atoms with E-state index >= 15 is 0 Å². The van der Waals surface area contributed by atoms with Gasteiger partial charge < -0.3 is 4.74 Å². The molecule has 1 aliphatic carbocycles. The minimum atomic E-state index is -0.167. The molecule has 3 nitrogen and oxygen atoms in total. The lowest BCUT2D eigenvalue weighted by molar-refractivity contribution is -0.145. The molecule has 0 amide bonds. The number of esters is 1. The first-order chi connectivity index (χ1) is 9.69. The Labute approximate surface area is 122 Å². The van der Waals surface area contributed by atoms with Crippen LogP contribution in [0, 0.1) is 6.92 Å². The molecule has 1 aromatic carbocycles. The summed E-state index contributed by atoms with van der Waals surface area (Å²) in [6.07, 6.45) is 1.77. The number of hydrogen-bond donors (Lipinski definition) is 0. The van der Waals surface area contributed by atoms with E-state index in [1.165, 1.54) is 10.4 Å². The molecule has 0 radical (unpaired) electrons. The summed E-state index contributed by atoms with van der Waals surface area (Å²) >= 11 is 1.70. The Morgan fingerprint density at radius 1 is 1.50 bits per heavy atom. The summed E-state index contributed by atoms with van der Waals surface area (Å²) in [5, 5.41) is 1.01. The van der Waals surface area contributed by atoms with Crippen molar-refractivity contribution in [3.05, 3.63) is 40.4 Å². The van der Waals surface area contributed by atoms with Crippen molar-refractivity contribution >= 4 is 17.3 Å². The van der Waals surface area contributed by atoms with Gasteiger partial charge in [-0.05, 0) is 32.8 Å². The Morgan fingerprint density at radius 2 is 2.35 bits per heavy atom. The van der Waals surface area contributed by atoms with Gasteiger partial charge in [0.25, 0.3) is 0 Å². The van der Waals surface area contributed by atoms with Crippen molar-refractivity contribution in [2.45, 2.75) is 32.6 Å². The normalized spacial score (nSPS) is 17.0. The second-order valence-corrected chi connectivity index (χ2v) is 6.12. The number of hydrogen-bond acceptors (Lipinski definition) is 4. The molecule has 0 aliphatic heterocycles. The van der Waals surface area contributed by atoms with Crippen LogP contribution in [0.25, 0.3) is 10.6 Å². The van der Waals surface area contributed by atoms with Crippen molar-refractivity contribution in [1.82, 2.24) is 4.98 Å². The maximum Gasteiger partial charge on any atom is 0.315 e. The molecule has 1 unspecified atom stereocenters. The molecular weight excluding hydrogens is 270 g/mol. The van der Waals surface area contributed by atoms with E-state index in [4.69, 9.17) is 9.72 Å². The molecular formula is C16H17NO2S. The van der Waals surface area contributed by atoms with Crippen molar-refractivity contribution in [3.63, 3.8) is 0 Å². The molecule has 0 spiro atoms. The fourth-order valence-corrected chi connectivity index (χ4v) is 3.74. The van der Waals surface area contributed by atoms with Crippen LogP contribution in [0.1, 0.15) is 35.4 Å². The van der Waals surface area contributed by atoms with Gasteiger partial charge in [-0.25, -0.2) is 4.98 Å². The van der Waals surface area contributed by atoms with E-state index in [2.05, 4.69) is 25.1 Å². The average molecular weight is 287 g/mol. The van der Waals surface area contributed by atoms with Gasteiger partial charge >= 0.3 is 5.97 Å². The van der Waals surface area contributed by atoms with Gasteiger partial charge in [-0.3, -0.25) is 4.79 Å². The minimum Gasteiger partial charge on any atom is -0.465 e. The van der Waals surface area contributed by atoms with Crippen molar-refractivity contribution in [3.8, 4) is 10.6 Å². The van der Waals surface area contributed by atoms with E-state index in [-0.39, 0.29) is 11.9 Å². The zero-order valence-corrected chi connectivity index (χ0v) is 12.5. The Bertz CT molecular complexity index is 648. The summed E-state index contributed by atoms with van der Waals surface area (Å²) in [6, 6.07) is 8.32. The van der Waals surface area contributed by atoms with Crippen LogP contribution in [0.3, 0.4) is 0 Å². The van der Waals surface area contributed by atoms with Gasteiger partial charge in [-0.2, -0.15) is 0 Å². The van der Waals surface area contributed by atoms with Crippen LogP contribution in [-0.4, -0.2) is 17.6 Å². The molecule has 0 fully saturated rings. The van der Waals surface area contributed by atoms with E-state index in [1.54, 1.807) is 11.3 Å². The summed E-state index contributed by atoms with van der Waals surface area (Å²) in [5.74, 6) is -0.299. The number of aryl methyl sites for hydroxylation is 2. The number of aromatic nitrogens is 1. The van der Waals surface area contributed by atoms with Gasteiger partial charge in [0.1, 0.15) is 10.9 Å². The summed E-state index contributed by atoms with van der Waals surface area (Å²) in [5.41, 5.74) is 3.29. The van der Waals surface area contributed by atoms with Crippen LogP contribution in [0.4, 0.5) is 0 Å². The van der Waals surface area contributed by atoms with E-state index in [9.17, 15) is 4.79 Å². The third-order valence-corrected chi connectivity index (χ3v) is 4.73. The second kappa shape index (κ2) is 5.37. The summed E-state index contributed by atoms with van der Waals surface area (Å²) in [7, 11) is 0. The lowest BCUT2D eigenvalue weighted by Gasteiger charge is -2.07. The smallest absolute Gasteiger partial charge is 0.315 e. The number of ether oxygens (including phenoxy) is 1. The van der Waals surface area contributed by atoms with Crippen molar-refractivity contribution < 1.29 is 9.53 Å². The van der Waals surface area contributed by atoms with Crippen LogP contribution in [-0.2, 0) is 16.0 Å². The van der Waals surface area contributed by atoms with E-state index in [1.807, 2.05) is 13.0 Å². The third-order valence-electron chi connectivity index (χ3n) is 3.55. The van der Waals surface area contributed by atoms with Gasteiger partial charge in [-0.15, -0.1) is 11.3 Å². The monoisotopic (exact) mass is 287 g/mol. The Hall–Kier alpha value is -1.68. The Morgan fingerprint density at radius 3 is 3.10 bits per heavy atom. The first kappa shape index (κ1) is 13.3. The zero-order chi connectivity index (χ0) is 14.1. The lowest BCUT2D eigenvalue weighted by atomic mass is 10.1. The predicted octanol–water partition coefficient (Wildman–Crippen LogP) is 3.71. The first-order valence-electron chi connectivity index (χ1n) is 6.92. The van der Waals surface area contributed by atoms with E-state index in [0.717, 1.165) is 29.1 Å². The van der Waals surface area contributed by atoms with Gasteiger partial charge in [0.2, 0.25) is 0 Å². The highest BCUT2D eigenvalue weighted by Crippen LogP contribution is 2.40. The van der Waals surface area contributed by atoms with Crippen LogP contribution < -0.4 is 0 Å². The standard InChI is InChI=1S/C16H17NO2S/c1-3-19-16(18)12-7-8-13-14(12)17-15(20-13)11-6-4-5-10(2)9-11/h4-6,9,12H,3,7-8H2,1-2H3. The van der Waals surface area contributed by atoms with Crippen molar-refractivity contribution in [2.75, 3.05) is 6.61 Å². The number of rotatable bonds is 3. The van der Waals surface area contributed by atoms with Crippen LogP contribution in [0.2, 0.25) is 0 Å². The average Bonchev–Trinajstić information content (AvgIpc) is 2.98. The number of thiazole rings is 1. The highest BCUT2D eigenvalue weighted by atomic mass is 32.1. The molecule has 0 saturated heterocycles. The fraction of sp³-hybridized carbons (Fsp3) is 0.375. The quantitative estimate of drug-likeness (QED) is 0.808. The highest BCUT2D eigenvalue weighted by Gasteiger charge is 2.33. The molecule has 0 N–H and O–H groups in total. The number of carbonyl (C=O) groups is 1. The number of fused-ring (bicyclic) bond motifs is 1. The van der Waals surface area contributed by atoms with Crippen LogP contribution in [0.5, 0.6) is 0 Å². The molecule has 0 bridgehead atoms. The topological polar surface area (TPSA) is 39.2 Å². The molecule has 20 heavy (non-hydrogen) atoms. The summed E-state index contributed by atoms with van der Waals surface area (Å²) in [6.45, 7) is 4.35. The van der Waals surface area contributed by atoms with E-state index < -0.39 is 0 Å². The number of nitrogens with zero attached hydrogens (tertiary/aromatic N) is 1. The largest absolute Gasteiger partial charge is 0.465 e. The van der Waals surface area contributed by atoms with Gasteiger partial charge in [0.05, 0.1) is 12.3 Å². The van der Waals surface area contributed by atoms with Gasteiger partial charge in [-0.1, -0.05) is 23.8 Å². The fourth-order valence-electron chi connectivity index (χ4n) is 2.60. The van der Waals surface area contributed by atoms with Crippen molar-refractivity contribution in [2.24, 2.45) is 0 Å². The maximum absolute atomic E-state index is 12.0. The predicted molar refractivity (Wildman–Crippen MR) is 80.0 cm³/mol. The number of benzene rings is 1. The molecule has 1 aliphatic rings. The maximum atomic E-state index is 12.0. The van der Waals surface area contributed by atoms with Gasteiger partial charge in [0.15, 0.2) is 0 Å². The summed E-state index contributed by atoms with van der Waals surface area (Å²) in [4.78, 5) is 17.9. The van der Waals surface area contributed by atoms with Crippen LogP contribution in [0.15, 0.2) is 24.3 Å². The first-order valence-corrected chi connectivity index (χ1v) is 7.74. The molecule has 0 saturated carbocycles. The third kappa shape index (κ3) is 2.36. The molecule has 1 aromatic heterocycles. The molecule has 2 aromatic rings. The van der Waals surface area contributed by atoms with E-state index in [0.29, 0.717) is 6.61 Å². The minimum absolute atomic E-state index is 0.132. The second-order valence-electron chi connectivity index (χ2n) is 5.04. The summed E-state index contributed by atoms with van der Waals surface area (Å²) < 4.78 is 5.14.